The Morgan fingerprint density at radius 2 is 1.73 bits per heavy atom. The number of nitrogens with one attached hydrogen (secondary N) is 1. The fourth-order valence-corrected chi connectivity index (χ4v) is 1.78. The summed E-state index contributed by atoms with van der Waals surface area (Å²) in [4.78, 5) is 23.7. The van der Waals surface area contributed by atoms with E-state index >= 15 is 0 Å². The van der Waals surface area contributed by atoms with Crippen molar-refractivity contribution in [1.29, 1.82) is 0 Å². The largest absolute Gasteiger partial charge is 0.467 e. The fourth-order valence-electron chi connectivity index (χ4n) is 1.78. The Kier molecular flexibility index (Phi) is 5.93. The maximum Gasteiger partial charge on any atom is 0.408 e. The van der Waals surface area contributed by atoms with Crippen molar-refractivity contribution in [1.82, 2.24) is 5.32 Å². The van der Waals surface area contributed by atoms with Gasteiger partial charge in [0.05, 0.1) is 7.11 Å². The SMILES string of the molecule is COC(=O)[C@@H](NC(=O)OC(C)(C)C)[C@H](O)c1ccc(C)cc1. The molecule has 1 amide bonds. The number of alkyl carbamates (subject to hydrolysis) is 1. The first-order valence-electron chi connectivity index (χ1n) is 6.96. The Bertz CT molecular complexity index is 518. The summed E-state index contributed by atoms with van der Waals surface area (Å²) in [6.45, 7) is 7.02. The maximum atomic E-state index is 11.8. The minimum atomic E-state index is -1.25. The van der Waals surface area contributed by atoms with Crippen LogP contribution in [0.2, 0.25) is 0 Å². The average molecular weight is 309 g/mol. The molecule has 0 aliphatic carbocycles. The molecule has 0 fully saturated rings. The Labute approximate surface area is 130 Å². The van der Waals surface area contributed by atoms with Gasteiger partial charge in [-0.1, -0.05) is 29.8 Å². The van der Waals surface area contributed by atoms with E-state index in [1.165, 1.54) is 7.11 Å². The number of hydrogen-bond acceptors (Lipinski definition) is 5. The van der Waals surface area contributed by atoms with Gasteiger partial charge >= 0.3 is 12.1 Å². The van der Waals surface area contributed by atoms with Crippen LogP contribution in [0.1, 0.15) is 38.0 Å². The molecule has 2 N–H and O–H groups in total. The number of carbonyl (C=O) groups is 2. The molecule has 0 heterocycles. The summed E-state index contributed by atoms with van der Waals surface area (Å²) in [5.41, 5.74) is 0.808. The molecule has 0 radical (unpaired) electrons. The van der Waals surface area contributed by atoms with Gasteiger partial charge in [0.25, 0.3) is 0 Å². The molecule has 0 aliphatic rings. The molecule has 0 aliphatic heterocycles. The number of carbonyl (C=O) groups excluding carboxylic acids is 2. The van der Waals surface area contributed by atoms with Crippen molar-refractivity contribution in [2.75, 3.05) is 7.11 Å². The number of benzene rings is 1. The van der Waals surface area contributed by atoms with E-state index in [1.807, 2.05) is 6.92 Å². The summed E-state index contributed by atoms with van der Waals surface area (Å²) >= 11 is 0. The van der Waals surface area contributed by atoms with Gasteiger partial charge < -0.3 is 19.9 Å². The minimum Gasteiger partial charge on any atom is -0.467 e. The Morgan fingerprint density at radius 1 is 1.18 bits per heavy atom. The molecule has 22 heavy (non-hydrogen) atoms. The van der Waals surface area contributed by atoms with Crippen molar-refractivity contribution < 1.29 is 24.2 Å². The van der Waals surface area contributed by atoms with E-state index in [0.717, 1.165) is 5.56 Å². The molecule has 1 aromatic carbocycles. The van der Waals surface area contributed by atoms with Crippen LogP contribution >= 0.6 is 0 Å². The minimum absolute atomic E-state index is 0.497. The van der Waals surface area contributed by atoms with E-state index in [9.17, 15) is 14.7 Å². The first-order chi connectivity index (χ1) is 10.1. The lowest BCUT2D eigenvalue weighted by Gasteiger charge is -2.25. The van der Waals surface area contributed by atoms with Crippen LogP contribution in [0.25, 0.3) is 0 Å². The van der Waals surface area contributed by atoms with Crippen molar-refractivity contribution in [2.45, 2.75) is 45.4 Å². The van der Waals surface area contributed by atoms with Crippen molar-refractivity contribution in [3.05, 3.63) is 35.4 Å². The van der Waals surface area contributed by atoms with Gasteiger partial charge in [0.15, 0.2) is 6.04 Å². The highest BCUT2D eigenvalue weighted by atomic mass is 16.6. The summed E-state index contributed by atoms with van der Waals surface area (Å²) in [5.74, 6) is -0.751. The molecule has 2 atom stereocenters. The van der Waals surface area contributed by atoms with Crippen molar-refractivity contribution >= 4 is 12.1 Å². The summed E-state index contributed by atoms with van der Waals surface area (Å²) in [6, 6.07) is 5.74. The van der Waals surface area contributed by atoms with Gasteiger partial charge in [-0.25, -0.2) is 9.59 Å². The first-order valence-corrected chi connectivity index (χ1v) is 6.96. The number of methoxy groups -OCH3 is 1. The fraction of sp³-hybridized carbons (Fsp3) is 0.500. The molecule has 0 bridgehead atoms. The number of aliphatic hydroxyl groups is 1. The van der Waals surface area contributed by atoms with E-state index in [2.05, 4.69) is 10.1 Å². The zero-order valence-electron chi connectivity index (χ0n) is 13.5. The second-order valence-electron chi connectivity index (χ2n) is 6.00. The highest BCUT2D eigenvalue weighted by Crippen LogP contribution is 2.19. The summed E-state index contributed by atoms with van der Waals surface area (Å²) in [6.07, 6.45) is -2.03. The summed E-state index contributed by atoms with van der Waals surface area (Å²) in [5, 5.41) is 12.7. The second-order valence-corrected chi connectivity index (χ2v) is 6.00. The zero-order chi connectivity index (χ0) is 16.9. The molecular weight excluding hydrogens is 286 g/mol. The van der Waals surface area contributed by atoms with Gasteiger partial charge in [0, 0.05) is 0 Å². The molecule has 0 saturated carbocycles. The number of rotatable bonds is 4. The average Bonchev–Trinajstić information content (AvgIpc) is 2.42. The highest BCUT2D eigenvalue weighted by molar-refractivity contribution is 5.82. The lowest BCUT2D eigenvalue weighted by atomic mass is 10.0. The standard InChI is InChI=1S/C16H23NO5/c1-10-6-8-11(9-7-10)13(18)12(14(19)21-5)17-15(20)22-16(2,3)4/h6-9,12-13,18H,1-5H3,(H,17,20)/t12-,13+/m0/s1. The lowest BCUT2D eigenvalue weighted by molar-refractivity contribution is -0.146. The van der Waals surface area contributed by atoms with Crippen LogP contribution in [0.3, 0.4) is 0 Å². The van der Waals surface area contributed by atoms with Crippen LogP contribution in [0.4, 0.5) is 4.79 Å². The zero-order valence-corrected chi connectivity index (χ0v) is 13.5. The van der Waals surface area contributed by atoms with Crippen LogP contribution in [0.5, 0.6) is 0 Å². The number of aryl methyl sites for hydroxylation is 1. The van der Waals surface area contributed by atoms with E-state index in [1.54, 1.807) is 45.0 Å². The normalized spacial score (nSPS) is 13.9. The molecular formula is C16H23NO5. The number of hydrogen-bond donors (Lipinski definition) is 2. The van der Waals surface area contributed by atoms with Crippen LogP contribution < -0.4 is 5.32 Å². The predicted molar refractivity (Wildman–Crippen MR) is 81.3 cm³/mol. The Balaban J connectivity index is 2.90. The van der Waals surface area contributed by atoms with Crippen LogP contribution in [-0.4, -0.2) is 35.9 Å². The lowest BCUT2D eigenvalue weighted by Crippen LogP contribution is -2.47. The molecule has 122 valence electrons. The molecule has 1 aromatic rings. The van der Waals surface area contributed by atoms with E-state index in [4.69, 9.17) is 4.74 Å². The van der Waals surface area contributed by atoms with Gasteiger partial charge in [-0.3, -0.25) is 0 Å². The molecule has 0 spiro atoms. The third-order valence-corrected chi connectivity index (χ3v) is 2.86. The number of aliphatic hydroxyl groups excluding tert-OH is 1. The van der Waals surface area contributed by atoms with Crippen LogP contribution in [-0.2, 0) is 14.3 Å². The smallest absolute Gasteiger partial charge is 0.408 e. The van der Waals surface area contributed by atoms with Crippen molar-refractivity contribution in [3.63, 3.8) is 0 Å². The summed E-state index contributed by atoms with van der Waals surface area (Å²) < 4.78 is 9.74. The number of esters is 1. The maximum absolute atomic E-state index is 11.8. The second kappa shape index (κ2) is 7.26. The molecule has 6 nitrogen and oxygen atoms in total. The van der Waals surface area contributed by atoms with Crippen molar-refractivity contribution in [3.8, 4) is 0 Å². The predicted octanol–water partition coefficient (Wildman–Crippen LogP) is 2.09. The van der Waals surface area contributed by atoms with Gasteiger partial charge in [-0.2, -0.15) is 0 Å². The highest BCUT2D eigenvalue weighted by Gasteiger charge is 2.32. The van der Waals surface area contributed by atoms with Crippen LogP contribution in [0, 0.1) is 6.92 Å². The van der Waals surface area contributed by atoms with Gasteiger partial charge in [-0.05, 0) is 33.3 Å². The van der Waals surface area contributed by atoms with E-state index in [-0.39, 0.29) is 0 Å². The Morgan fingerprint density at radius 3 is 2.18 bits per heavy atom. The monoisotopic (exact) mass is 309 g/mol. The summed E-state index contributed by atoms with van der Waals surface area (Å²) in [7, 11) is 1.19. The first kappa shape index (κ1) is 18.0. The third kappa shape index (κ3) is 5.37. The molecule has 0 saturated heterocycles. The molecule has 1 rings (SSSR count). The number of amides is 1. The van der Waals surface area contributed by atoms with Gasteiger partial charge in [0.1, 0.15) is 11.7 Å². The number of ether oxygens (including phenoxy) is 2. The van der Waals surface area contributed by atoms with E-state index in [0.29, 0.717) is 5.56 Å². The third-order valence-electron chi connectivity index (χ3n) is 2.86. The molecule has 0 unspecified atom stereocenters. The van der Waals surface area contributed by atoms with Crippen LogP contribution in [0.15, 0.2) is 24.3 Å². The van der Waals surface area contributed by atoms with E-state index < -0.39 is 29.8 Å². The quantitative estimate of drug-likeness (QED) is 0.832. The van der Waals surface area contributed by atoms with Crippen molar-refractivity contribution in [2.24, 2.45) is 0 Å². The molecule has 6 heteroatoms. The molecule has 0 aromatic heterocycles. The Hall–Kier alpha value is -2.08. The van der Waals surface area contributed by atoms with Gasteiger partial charge in [0.2, 0.25) is 0 Å². The van der Waals surface area contributed by atoms with Gasteiger partial charge in [-0.15, -0.1) is 0 Å². The topological polar surface area (TPSA) is 84.9 Å².